The first-order valence-corrected chi connectivity index (χ1v) is 13.9. The summed E-state index contributed by atoms with van der Waals surface area (Å²) < 4.78 is 12.0. The number of aliphatic carboxylic acids is 1. The van der Waals surface area contributed by atoms with Crippen molar-refractivity contribution >= 4 is 41.1 Å². The van der Waals surface area contributed by atoms with Crippen molar-refractivity contribution < 1.29 is 38.6 Å². The highest BCUT2D eigenvalue weighted by Gasteiger charge is 2.73. The summed E-state index contributed by atoms with van der Waals surface area (Å²) in [6, 6.07) is 0. The van der Waals surface area contributed by atoms with E-state index in [1.807, 2.05) is 13.0 Å². The summed E-state index contributed by atoms with van der Waals surface area (Å²) in [5.41, 5.74) is -1.86. The van der Waals surface area contributed by atoms with Crippen LogP contribution in [0.25, 0.3) is 0 Å². The van der Waals surface area contributed by atoms with Crippen LogP contribution in [0.2, 0.25) is 0 Å². The van der Waals surface area contributed by atoms with E-state index < -0.39 is 40.4 Å². The van der Waals surface area contributed by atoms with E-state index in [0.717, 1.165) is 12.0 Å². The van der Waals surface area contributed by atoms with E-state index in [9.17, 15) is 24.0 Å². The van der Waals surface area contributed by atoms with Gasteiger partial charge in [-0.3, -0.25) is 24.0 Å². The molecule has 9 atom stereocenters. The summed E-state index contributed by atoms with van der Waals surface area (Å²) in [5.74, 6) is -2.52. The predicted molar refractivity (Wildman–Crippen MR) is 136 cm³/mol. The van der Waals surface area contributed by atoms with E-state index >= 15 is 0 Å². The Bertz CT molecular complexity index is 1190. The summed E-state index contributed by atoms with van der Waals surface area (Å²) in [6.45, 7) is 6.82. The van der Waals surface area contributed by atoms with Gasteiger partial charge in [0, 0.05) is 47.5 Å². The van der Waals surface area contributed by atoms with Crippen LogP contribution in [-0.4, -0.2) is 46.3 Å². The molecule has 3 saturated carbocycles. The van der Waals surface area contributed by atoms with Crippen molar-refractivity contribution in [2.45, 2.75) is 84.3 Å². The van der Waals surface area contributed by atoms with Gasteiger partial charge < -0.3 is 14.6 Å². The third-order valence-corrected chi connectivity index (χ3v) is 10.8. The minimum Gasteiger partial charge on any atom is -0.481 e. The third kappa shape index (κ3) is 3.81. The maximum Gasteiger partial charge on any atom is 0.306 e. The molecule has 0 spiro atoms. The largest absolute Gasteiger partial charge is 0.481 e. The van der Waals surface area contributed by atoms with Gasteiger partial charge in [0.05, 0.1) is 0 Å². The van der Waals surface area contributed by atoms with Crippen LogP contribution in [0.15, 0.2) is 22.8 Å². The molecule has 38 heavy (non-hydrogen) atoms. The fraction of sp³-hybridized carbons (Fsp3) is 0.690. The summed E-state index contributed by atoms with van der Waals surface area (Å²) in [5, 5.41) is 9.51. The van der Waals surface area contributed by atoms with Crippen LogP contribution in [0.5, 0.6) is 0 Å². The predicted octanol–water partition coefficient (Wildman–Crippen LogP) is 4.38. The molecule has 5 aliphatic rings. The van der Waals surface area contributed by atoms with E-state index in [1.165, 1.54) is 13.8 Å². The second-order valence-corrected chi connectivity index (χ2v) is 12.7. The second-order valence-electron chi connectivity index (χ2n) is 12.3. The highest BCUT2D eigenvalue weighted by Crippen LogP contribution is 2.72. The first-order chi connectivity index (χ1) is 17.8. The van der Waals surface area contributed by atoms with Crippen molar-refractivity contribution in [1.82, 2.24) is 0 Å². The molecule has 0 aromatic heterocycles. The number of hydrogen-bond donors (Lipinski definition) is 1. The number of fused-ring (bicyclic) bond motifs is 7. The van der Waals surface area contributed by atoms with E-state index in [1.54, 1.807) is 6.08 Å². The number of carbonyl (C=O) groups is 5. The molecule has 3 fully saturated rings. The van der Waals surface area contributed by atoms with Gasteiger partial charge in [-0.1, -0.05) is 31.5 Å². The lowest BCUT2D eigenvalue weighted by Gasteiger charge is -2.60. The molecule has 5 aliphatic carbocycles. The lowest BCUT2D eigenvalue weighted by molar-refractivity contribution is -0.201. The van der Waals surface area contributed by atoms with Gasteiger partial charge in [0.2, 0.25) is 0 Å². The van der Waals surface area contributed by atoms with Gasteiger partial charge in [0.15, 0.2) is 17.2 Å². The van der Waals surface area contributed by atoms with Gasteiger partial charge >= 0.3 is 17.9 Å². The molecule has 8 nitrogen and oxygen atoms in total. The van der Waals surface area contributed by atoms with Crippen molar-refractivity contribution in [2.24, 2.45) is 40.4 Å². The van der Waals surface area contributed by atoms with E-state index in [4.69, 9.17) is 26.2 Å². The normalized spacial score (nSPS) is 42.4. The van der Waals surface area contributed by atoms with E-state index in [2.05, 4.69) is 6.92 Å². The Morgan fingerprint density at radius 2 is 1.84 bits per heavy atom. The first kappa shape index (κ1) is 27.1. The molecule has 0 aromatic rings. The third-order valence-electron chi connectivity index (χ3n) is 10.5. The Balaban J connectivity index is 1.59. The summed E-state index contributed by atoms with van der Waals surface area (Å²) >= 11 is 6.88. The van der Waals surface area contributed by atoms with E-state index in [-0.39, 0.29) is 60.4 Å². The first-order valence-electron chi connectivity index (χ1n) is 13.5. The molecular weight excluding hydrogens is 512 g/mol. The molecule has 206 valence electrons. The Labute approximate surface area is 227 Å². The van der Waals surface area contributed by atoms with Crippen LogP contribution in [0.1, 0.15) is 72.6 Å². The van der Waals surface area contributed by atoms with Gasteiger partial charge in [0.1, 0.15) is 6.10 Å². The average Bonchev–Trinajstić information content (AvgIpc) is 3.56. The van der Waals surface area contributed by atoms with Crippen LogP contribution in [0, 0.1) is 40.4 Å². The zero-order chi connectivity index (χ0) is 27.8. The molecule has 1 N–H and O–H groups in total. The quantitative estimate of drug-likeness (QED) is 0.466. The maximum atomic E-state index is 13.2. The Kier molecular flexibility index (Phi) is 6.44. The smallest absolute Gasteiger partial charge is 0.306 e. The lowest BCUT2D eigenvalue weighted by Crippen LogP contribution is -2.63. The van der Waals surface area contributed by atoms with E-state index in [0.29, 0.717) is 24.3 Å². The highest BCUT2D eigenvalue weighted by molar-refractivity contribution is 6.32. The van der Waals surface area contributed by atoms with Gasteiger partial charge in [-0.25, -0.2) is 0 Å². The van der Waals surface area contributed by atoms with Gasteiger partial charge in [-0.15, -0.1) is 0 Å². The van der Waals surface area contributed by atoms with Crippen molar-refractivity contribution in [3.63, 3.8) is 0 Å². The molecule has 0 unspecified atom stereocenters. The molecule has 0 aliphatic heterocycles. The summed E-state index contributed by atoms with van der Waals surface area (Å²) in [7, 11) is 0. The monoisotopic (exact) mass is 546 g/mol. The molecule has 0 radical (unpaired) electrons. The Morgan fingerprint density at radius 1 is 1.13 bits per heavy atom. The number of rotatable bonds is 7. The fourth-order valence-electron chi connectivity index (χ4n) is 8.82. The van der Waals surface area contributed by atoms with Crippen LogP contribution >= 0.6 is 11.6 Å². The highest BCUT2D eigenvalue weighted by atomic mass is 35.5. The standard InChI is InChI=1S/C29H35ClO8/c1-14(31)29(38-15(2)32)9-8-18-17-11-21(30)20-12-22(33)16-10-19(16)28(20,4)26(17)23(13-27(18,29)3)37-25(36)7-5-6-24(34)35/h11-12,16-19,23,26H,5-10,13H2,1-4H3,(H,34,35)/t16-,17+,18+,19+,23-,26-,27+,28+,29+/m1/s1. The molecule has 0 amide bonds. The SMILES string of the molecule is CC(=O)O[C@]1(C(C)=O)CC[C@H]2[C@@H]3C=C(Cl)C4=CC(=O)[C@@H]5C[C@@H]5[C@]4(C)[C@H]3[C@H](OC(=O)CCCC(=O)O)C[C@@]21C. The number of esters is 2. The Hall–Kier alpha value is -2.48. The van der Waals surface area contributed by atoms with Crippen molar-refractivity contribution in [2.75, 3.05) is 0 Å². The van der Waals surface area contributed by atoms with Gasteiger partial charge in [-0.2, -0.15) is 0 Å². The number of allylic oxidation sites excluding steroid dienone is 4. The minimum atomic E-state index is -1.34. The molecule has 0 heterocycles. The zero-order valence-electron chi connectivity index (χ0n) is 22.3. The summed E-state index contributed by atoms with van der Waals surface area (Å²) in [4.78, 5) is 62.1. The number of halogens is 1. The van der Waals surface area contributed by atoms with Crippen molar-refractivity contribution in [1.29, 1.82) is 0 Å². The van der Waals surface area contributed by atoms with Crippen LogP contribution in [-0.2, 0) is 33.4 Å². The molecule has 0 aromatic carbocycles. The number of carboxylic acid groups (broad SMARTS) is 1. The molecule has 0 saturated heterocycles. The summed E-state index contributed by atoms with van der Waals surface area (Å²) in [6.07, 6.45) is 5.08. The number of carbonyl (C=O) groups excluding carboxylic acids is 4. The maximum absolute atomic E-state index is 13.2. The molecule has 9 heteroatoms. The minimum absolute atomic E-state index is 0.0390. The fourth-order valence-corrected chi connectivity index (χ4v) is 9.23. The Morgan fingerprint density at radius 3 is 2.47 bits per heavy atom. The molecule has 0 bridgehead atoms. The number of Topliss-reactive ketones (excluding diaryl/α,β-unsaturated/α-hetero) is 1. The average molecular weight is 547 g/mol. The van der Waals surface area contributed by atoms with Crippen LogP contribution in [0.4, 0.5) is 0 Å². The number of ketones is 2. The van der Waals surface area contributed by atoms with Crippen LogP contribution < -0.4 is 0 Å². The number of ether oxygens (including phenoxy) is 2. The lowest BCUT2D eigenvalue weighted by atomic mass is 9.46. The van der Waals surface area contributed by atoms with Crippen molar-refractivity contribution in [3.05, 3.63) is 22.8 Å². The van der Waals surface area contributed by atoms with Gasteiger partial charge in [0.25, 0.3) is 0 Å². The number of hydrogen-bond acceptors (Lipinski definition) is 7. The van der Waals surface area contributed by atoms with Gasteiger partial charge in [-0.05, 0) is 68.4 Å². The number of carboxylic acids is 1. The van der Waals surface area contributed by atoms with Crippen molar-refractivity contribution in [3.8, 4) is 0 Å². The second kappa shape index (κ2) is 9.04. The molecule has 5 rings (SSSR count). The topological polar surface area (TPSA) is 124 Å². The molecular formula is C29H35ClO8. The van der Waals surface area contributed by atoms with Crippen LogP contribution in [0.3, 0.4) is 0 Å². The zero-order valence-corrected chi connectivity index (χ0v) is 23.0.